The topological polar surface area (TPSA) is 61.7 Å². The third kappa shape index (κ3) is 2.98. The quantitative estimate of drug-likeness (QED) is 0.843. The van der Waals surface area contributed by atoms with Gasteiger partial charge in [0.2, 0.25) is 0 Å². The molecular formula is C13H21N5. The molecule has 5 heteroatoms. The predicted molar refractivity (Wildman–Crippen MR) is 71.3 cm³/mol. The Morgan fingerprint density at radius 3 is 2.94 bits per heavy atom. The number of aromatic nitrogens is 4. The molecule has 0 aromatic carbocycles. The summed E-state index contributed by atoms with van der Waals surface area (Å²) in [6.07, 6.45) is 7.84. The number of nitrogens with zero attached hydrogens (tertiary/aromatic N) is 4. The molecule has 2 rings (SSSR count). The van der Waals surface area contributed by atoms with E-state index in [0.29, 0.717) is 12.6 Å². The Morgan fingerprint density at radius 2 is 2.22 bits per heavy atom. The van der Waals surface area contributed by atoms with Gasteiger partial charge in [-0.2, -0.15) is 5.10 Å². The molecule has 0 aliphatic carbocycles. The first-order chi connectivity index (χ1) is 8.72. The van der Waals surface area contributed by atoms with Crippen LogP contribution in [0.25, 0.3) is 0 Å². The third-order valence-electron chi connectivity index (χ3n) is 3.14. The minimum Gasteiger partial charge on any atom is -0.331 e. The van der Waals surface area contributed by atoms with Gasteiger partial charge in [-0.3, -0.25) is 4.68 Å². The molecule has 2 N–H and O–H groups in total. The average molecular weight is 247 g/mol. The van der Waals surface area contributed by atoms with E-state index >= 15 is 0 Å². The lowest BCUT2D eigenvalue weighted by Crippen LogP contribution is -2.06. The van der Waals surface area contributed by atoms with Crippen molar-refractivity contribution < 1.29 is 0 Å². The third-order valence-corrected chi connectivity index (χ3v) is 3.14. The van der Waals surface area contributed by atoms with Gasteiger partial charge in [0.1, 0.15) is 0 Å². The molecule has 2 aromatic rings. The second-order valence-corrected chi connectivity index (χ2v) is 4.62. The first kappa shape index (κ1) is 12.8. The van der Waals surface area contributed by atoms with Crippen molar-refractivity contribution in [2.75, 3.05) is 6.54 Å². The van der Waals surface area contributed by atoms with Crippen molar-refractivity contribution in [3.8, 4) is 0 Å². The van der Waals surface area contributed by atoms with Crippen molar-refractivity contribution in [1.29, 1.82) is 0 Å². The molecule has 2 heterocycles. The highest BCUT2D eigenvalue weighted by Crippen LogP contribution is 2.10. The molecule has 0 fully saturated rings. The first-order valence-electron chi connectivity index (χ1n) is 6.47. The fourth-order valence-electron chi connectivity index (χ4n) is 1.85. The Labute approximate surface area is 108 Å². The van der Waals surface area contributed by atoms with E-state index in [0.717, 1.165) is 30.8 Å². The summed E-state index contributed by atoms with van der Waals surface area (Å²) in [4.78, 5) is 4.31. The molecule has 0 spiro atoms. The van der Waals surface area contributed by atoms with E-state index < -0.39 is 0 Å². The Bertz CT molecular complexity index is 485. The summed E-state index contributed by atoms with van der Waals surface area (Å²) in [5.74, 6) is 0. The highest BCUT2D eigenvalue weighted by Gasteiger charge is 2.05. The normalized spacial score (nSPS) is 12.8. The maximum atomic E-state index is 5.51. The summed E-state index contributed by atoms with van der Waals surface area (Å²) in [7, 11) is 0. The van der Waals surface area contributed by atoms with Gasteiger partial charge in [0, 0.05) is 24.9 Å². The van der Waals surface area contributed by atoms with Crippen LogP contribution in [-0.2, 0) is 13.0 Å². The molecule has 0 amide bonds. The van der Waals surface area contributed by atoms with Crippen LogP contribution < -0.4 is 5.73 Å². The summed E-state index contributed by atoms with van der Waals surface area (Å²) >= 11 is 0. The molecule has 18 heavy (non-hydrogen) atoms. The number of imidazole rings is 1. The number of hydrogen-bond donors (Lipinski definition) is 1. The van der Waals surface area contributed by atoms with E-state index in [1.165, 1.54) is 0 Å². The van der Waals surface area contributed by atoms with Crippen LogP contribution in [0.5, 0.6) is 0 Å². The zero-order valence-electron chi connectivity index (χ0n) is 11.1. The van der Waals surface area contributed by atoms with Crippen molar-refractivity contribution in [1.82, 2.24) is 19.3 Å². The Balaban J connectivity index is 2.01. The van der Waals surface area contributed by atoms with Gasteiger partial charge in [-0.25, -0.2) is 4.98 Å². The van der Waals surface area contributed by atoms with E-state index in [4.69, 9.17) is 5.73 Å². The van der Waals surface area contributed by atoms with Gasteiger partial charge in [0.25, 0.3) is 0 Å². The van der Waals surface area contributed by atoms with Gasteiger partial charge < -0.3 is 10.3 Å². The van der Waals surface area contributed by atoms with E-state index in [1.807, 2.05) is 28.0 Å². The molecule has 0 aliphatic rings. The van der Waals surface area contributed by atoms with Gasteiger partial charge in [0.05, 0.1) is 24.3 Å². The molecule has 0 aliphatic heterocycles. The van der Waals surface area contributed by atoms with Gasteiger partial charge in [-0.1, -0.05) is 6.92 Å². The van der Waals surface area contributed by atoms with Crippen molar-refractivity contribution in [3.05, 3.63) is 36.2 Å². The predicted octanol–water partition coefficient (Wildman–Crippen LogP) is 1.60. The zero-order valence-corrected chi connectivity index (χ0v) is 11.1. The SMILES string of the molecule is CCC(C)n1ccc(Cn2cnc(CCN)c2)n1. The maximum absolute atomic E-state index is 5.51. The molecule has 98 valence electrons. The molecule has 1 unspecified atom stereocenters. The lowest BCUT2D eigenvalue weighted by molar-refractivity contribution is 0.472. The van der Waals surface area contributed by atoms with E-state index in [9.17, 15) is 0 Å². The van der Waals surface area contributed by atoms with E-state index in [1.54, 1.807) is 0 Å². The molecule has 0 bridgehead atoms. The average Bonchev–Trinajstić information content (AvgIpc) is 2.99. The van der Waals surface area contributed by atoms with Crippen molar-refractivity contribution in [2.45, 2.75) is 39.3 Å². The Hall–Kier alpha value is -1.62. The van der Waals surface area contributed by atoms with Crippen LogP contribution in [0.3, 0.4) is 0 Å². The summed E-state index contributed by atoms with van der Waals surface area (Å²) in [6.45, 7) is 5.75. The van der Waals surface area contributed by atoms with Gasteiger partial charge >= 0.3 is 0 Å². The van der Waals surface area contributed by atoms with Crippen molar-refractivity contribution >= 4 is 0 Å². The summed E-state index contributed by atoms with van der Waals surface area (Å²) < 4.78 is 4.07. The monoisotopic (exact) mass is 247 g/mol. The summed E-state index contributed by atoms with van der Waals surface area (Å²) in [5, 5.41) is 4.57. The minimum absolute atomic E-state index is 0.453. The van der Waals surface area contributed by atoms with Gasteiger partial charge in [0.15, 0.2) is 0 Å². The second kappa shape index (κ2) is 5.82. The number of rotatable bonds is 6. The highest BCUT2D eigenvalue weighted by molar-refractivity contribution is 5.04. The fraction of sp³-hybridized carbons (Fsp3) is 0.538. The zero-order chi connectivity index (χ0) is 13.0. The molecule has 2 aromatic heterocycles. The molecule has 0 saturated heterocycles. The van der Waals surface area contributed by atoms with Crippen LogP contribution >= 0.6 is 0 Å². The van der Waals surface area contributed by atoms with Crippen molar-refractivity contribution in [2.24, 2.45) is 5.73 Å². The van der Waals surface area contributed by atoms with Gasteiger partial charge in [-0.15, -0.1) is 0 Å². The molecule has 5 nitrogen and oxygen atoms in total. The standard InChI is InChI=1S/C13H21N5/c1-3-11(2)18-7-5-13(16-18)9-17-8-12(4-6-14)15-10-17/h5,7-8,10-11H,3-4,6,9,14H2,1-2H3. The van der Waals surface area contributed by atoms with Crippen LogP contribution in [0.2, 0.25) is 0 Å². The van der Waals surface area contributed by atoms with Crippen molar-refractivity contribution in [3.63, 3.8) is 0 Å². The van der Waals surface area contributed by atoms with Crippen LogP contribution in [-0.4, -0.2) is 25.9 Å². The largest absolute Gasteiger partial charge is 0.331 e. The van der Waals surface area contributed by atoms with Crippen LogP contribution in [0.4, 0.5) is 0 Å². The summed E-state index contributed by atoms with van der Waals surface area (Å²) in [5.41, 5.74) is 7.61. The second-order valence-electron chi connectivity index (χ2n) is 4.62. The lowest BCUT2D eigenvalue weighted by Gasteiger charge is -2.08. The van der Waals surface area contributed by atoms with Crippen LogP contribution in [0, 0.1) is 0 Å². The lowest BCUT2D eigenvalue weighted by atomic mass is 10.3. The first-order valence-corrected chi connectivity index (χ1v) is 6.47. The minimum atomic E-state index is 0.453. The van der Waals surface area contributed by atoms with Crippen LogP contribution in [0.1, 0.15) is 37.7 Å². The summed E-state index contributed by atoms with van der Waals surface area (Å²) in [6, 6.07) is 2.52. The Morgan fingerprint density at radius 1 is 1.39 bits per heavy atom. The Kier molecular flexibility index (Phi) is 4.15. The van der Waals surface area contributed by atoms with Gasteiger partial charge in [-0.05, 0) is 26.0 Å². The smallest absolute Gasteiger partial charge is 0.0953 e. The number of nitrogens with two attached hydrogens (primary N) is 1. The van der Waals surface area contributed by atoms with E-state index in [2.05, 4.69) is 30.0 Å². The molecule has 0 radical (unpaired) electrons. The van der Waals surface area contributed by atoms with Crippen LogP contribution in [0.15, 0.2) is 24.8 Å². The molecule has 1 atom stereocenters. The molecule has 0 saturated carbocycles. The van der Waals surface area contributed by atoms with E-state index in [-0.39, 0.29) is 0 Å². The highest BCUT2D eigenvalue weighted by atomic mass is 15.3. The molecular weight excluding hydrogens is 226 g/mol. The fourth-order valence-corrected chi connectivity index (χ4v) is 1.85. The number of hydrogen-bond acceptors (Lipinski definition) is 3. The maximum Gasteiger partial charge on any atom is 0.0953 e.